The van der Waals surface area contributed by atoms with Crippen LogP contribution in [0.4, 0.5) is 0 Å². The van der Waals surface area contributed by atoms with Gasteiger partial charge in [0.2, 0.25) is 5.88 Å². The smallest absolute Gasteiger partial charge is 0.227 e. The second kappa shape index (κ2) is 6.33. The van der Waals surface area contributed by atoms with Gasteiger partial charge in [-0.2, -0.15) is 0 Å². The SMILES string of the molecule is CCCc1c(Cl)ncnc1Oc1cccc(I)c1. The maximum Gasteiger partial charge on any atom is 0.227 e. The van der Waals surface area contributed by atoms with Crippen LogP contribution >= 0.6 is 34.2 Å². The Balaban J connectivity index is 2.31. The van der Waals surface area contributed by atoms with E-state index in [1.54, 1.807) is 0 Å². The van der Waals surface area contributed by atoms with E-state index in [0.29, 0.717) is 11.0 Å². The summed E-state index contributed by atoms with van der Waals surface area (Å²) < 4.78 is 6.90. The van der Waals surface area contributed by atoms with E-state index in [-0.39, 0.29) is 0 Å². The lowest BCUT2D eigenvalue weighted by molar-refractivity contribution is 0.453. The van der Waals surface area contributed by atoms with E-state index in [1.165, 1.54) is 6.33 Å². The average Bonchev–Trinajstić information content (AvgIpc) is 2.34. The number of nitrogens with zero attached hydrogens (tertiary/aromatic N) is 2. The van der Waals surface area contributed by atoms with Crippen LogP contribution in [0.5, 0.6) is 11.6 Å². The van der Waals surface area contributed by atoms with Crippen molar-refractivity contribution in [2.75, 3.05) is 0 Å². The topological polar surface area (TPSA) is 35.0 Å². The zero-order valence-corrected chi connectivity index (χ0v) is 12.8. The first-order chi connectivity index (χ1) is 8.70. The summed E-state index contributed by atoms with van der Waals surface area (Å²) in [6.07, 6.45) is 3.19. The van der Waals surface area contributed by atoms with E-state index >= 15 is 0 Å². The van der Waals surface area contributed by atoms with Crippen molar-refractivity contribution in [3.05, 3.63) is 44.9 Å². The summed E-state index contributed by atoms with van der Waals surface area (Å²) in [5, 5.41) is 0.465. The molecule has 0 spiro atoms. The van der Waals surface area contributed by atoms with Gasteiger partial charge < -0.3 is 4.74 Å². The fourth-order valence-electron chi connectivity index (χ4n) is 1.57. The van der Waals surface area contributed by atoms with Crippen LogP contribution in [0, 0.1) is 3.57 Å². The largest absolute Gasteiger partial charge is 0.439 e. The zero-order valence-electron chi connectivity index (χ0n) is 9.86. The molecule has 18 heavy (non-hydrogen) atoms. The van der Waals surface area contributed by atoms with Crippen LogP contribution in [0.15, 0.2) is 30.6 Å². The van der Waals surface area contributed by atoms with Gasteiger partial charge in [-0.05, 0) is 47.2 Å². The van der Waals surface area contributed by atoms with E-state index in [1.807, 2.05) is 24.3 Å². The molecule has 2 rings (SSSR count). The molecule has 0 radical (unpaired) electrons. The maximum atomic E-state index is 6.07. The van der Waals surface area contributed by atoms with E-state index in [2.05, 4.69) is 39.5 Å². The minimum absolute atomic E-state index is 0.465. The molecule has 0 aliphatic carbocycles. The molecule has 1 aromatic carbocycles. The number of halogens is 2. The number of rotatable bonds is 4. The first kappa shape index (κ1) is 13.5. The van der Waals surface area contributed by atoms with E-state index < -0.39 is 0 Å². The van der Waals surface area contributed by atoms with Gasteiger partial charge >= 0.3 is 0 Å². The van der Waals surface area contributed by atoms with Gasteiger partial charge in [0.1, 0.15) is 17.2 Å². The van der Waals surface area contributed by atoms with Crippen molar-refractivity contribution >= 4 is 34.2 Å². The van der Waals surface area contributed by atoms with Gasteiger partial charge in [-0.3, -0.25) is 0 Å². The molecule has 0 fully saturated rings. The van der Waals surface area contributed by atoms with E-state index in [9.17, 15) is 0 Å². The van der Waals surface area contributed by atoms with Crippen LogP contribution in [-0.4, -0.2) is 9.97 Å². The van der Waals surface area contributed by atoms with Gasteiger partial charge in [0.15, 0.2) is 0 Å². The second-order valence-corrected chi connectivity index (χ2v) is 5.36. The Kier molecular flexibility index (Phi) is 4.77. The molecule has 0 bridgehead atoms. The Hall–Kier alpha value is -0.880. The van der Waals surface area contributed by atoms with Crippen molar-refractivity contribution in [1.29, 1.82) is 0 Å². The third kappa shape index (κ3) is 3.32. The fourth-order valence-corrected chi connectivity index (χ4v) is 2.30. The average molecular weight is 375 g/mol. The molecular formula is C13H12ClIN2O. The predicted octanol–water partition coefficient (Wildman–Crippen LogP) is 4.48. The summed E-state index contributed by atoms with van der Waals surface area (Å²) in [5.74, 6) is 1.30. The normalized spacial score (nSPS) is 10.4. The predicted molar refractivity (Wildman–Crippen MR) is 80.3 cm³/mol. The number of aromatic nitrogens is 2. The highest BCUT2D eigenvalue weighted by atomic mass is 127. The zero-order chi connectivity index (χ0) is 13.0. The molecule has 0 amide bonds. The van der Waals surface area contributed by atoms with E-state index in [4.69, 9.17) is 16.3 Å². The van der Waals surface area contributed by atoms with Crippen LogP contribution in [0.2, 0.25) is 5.15 Å². The summed E-state index contributed by atoms with van der Waals surface area (Å²) >= 11 is 8.31. The first-order valence-corrected chi connectivity index (χ1v) is 7.09. The highest BCUT2D eigenvalue weighted by molar-refractivity contribution is 14.1. The molecule has 1 aromatic heterocycles. The van der Waals surface area contributed by atoms with Crippen LogP contribution in [0.3, 0.4) is 0 Å². The minimum Gasteiger partial charge on any atom is -0.439 e. The van der Waals surface area contributed by atoms with Gasteiger partial charge in [0.05, 0.1) is 5.56 Å². The van der Waals surface area contributed by atoms with Gasteiger partial charge in [0.25, 0.3) is 0 Å². The van der Waals surface area contributed by atoms with Crippen molar-refractivity contribution in [3.63, 3.8) is 0 Å². The molecule has 0 atom stereocenters. The molecule has 0 N–H and O–H groups in total. The van der Waals surface area contributed by atoms with Crippen molar-refractivity contribution in [2.24, 2.45) is 0 Å². The fraction of sp³-hybridized carbons (Fsp3) is 0.231. The minimum atomic E-state index is 0.465. The van der Waals surface area contributed by atoms with Crippen molar-refractivity contribution in [3.8, 4) is 11.6 Å². The molecule has 1 heterocycles. The number of benzene rings is 1. The lowest BCUT2D eigenvalue weighted by Gasteiger charge is -2.10. The van der Waals surface area contributed by atoms with E-state index in [0.717, 1.165) is 27.7 Å². The molecule has 0 saturated heterocycles. The lowest BCUT2D eigenvalue weighted by atomic mass is 10.2. The summed E-state index contributed by atoms with van der Waals surface area (Å²) in [4.78, 5) is 8.15. The molecule has 0 unspecified atom stereocenters. The molecular weight excluding hydrogens is 363 g/mol. The summed E-state index contributed by atoms with van der Waals surface area (Å²) in [6, 6.07) is 7.80. The Labute approximate surface area is 125 Å². The third-order valence-corrected chi connectivity index (χ3v) is 3.36. The highest BCUT2D eigenvalue weighted by Crippen LogP contribution is 2.28. The number of hydrogen-bond acceptors (Lipinski definition) is 3. The van der Waals surface area contributed by atoms with Crippen LogP contribution in [0.1, 0.15) is 18.9 Å². The molecule has 2 aromatic rings. The number of hydrogen-bond donors (Lipinski definition) is 0. The first-order valence-electron chi connectivity index (χ1n) is 5.63. The Morgan fingerprint density at radius 3 is 2.89 bits per heavy atom. The number of ether oxygens (including phenoxy) is 1. The molecule has 5 heteroatoms. The molecule has 0 saturated carbocycles. The Bertz CT molecular complexity index is 548. The Morgan fingerprint density at radius 2 is 2.17 bits per heavy atom. The van der Waals surface area contributed by atoms with Crippen molar-refractivity contribution < 1.29 is 4.74 Å². The monoisotopic (exact) mass is 374 g/mol. The lowest BCUT2D eigenvalue weighted by Crippen LogP contribution is -1.97. The van der Waals surface area contributed by atoms with Crippen molar-refractivity contribution in [2.45, 2.75) is 19.8 Å². The van der Waals surface area contributed by atoms with Gasteiger partial charge in [-0.15, -0.1) is 0 Å². The maximum absolute atomic E-state index is 6.07. The quantitative estimate of drug-likeness (QED) is 0.585. The molecule has 0 aliphatic rings. The summed E-state index contributed by atoms with van der Waals surface area (Å²) in [7, 11) is 0. The Morgan fingerprint density at radius 1 is 1.33 bits per heavy atom. The second-order valence-electron chi connectivity index (χ2n) is 3.76. The molecule has 94 valence electrons. The van der Waals surface area contributed by atoms with Crippen molar-refractivity contribution in [1.82, 2.24) is 9.97 Å². The summed E-state index contributed by atoms with van der Waals surface area (Å²) in [6.45, 7) is 2.08. The molecule has 0 aliphatic heterocycles. The van der Waals surface area contributed by atoms with Gasteiger partial charge in [-0.1, -0.05) is 31.0 Å². The third-order valence-electron chi connectivity index (χ3n) is 2.36. The summed E-state index contributed by atoms with van der Waals surface area (Å²) in [5.41, 5.74) is 0.862. The molecule has 3 nitrogen and oxygen atoms in total. The van der Waals surface area contributed by atoms with Gasteiger partial charge in [0, 0.05) is 3.57 Å². The van der Waals surface area contributed by atoms with Gasteiger partial charge in [-0.25, -0.2) is 9.97 Å². The van der Waals surface area contributed by atoms with Crippen LogP contribution in [-0.2, 0) is 6.42 Å². The highest BCUT2D eigenvalue weighted by Gasteiger charge is 2.11. The van der Waals surface area contributed by atoms with Crippen LogP contribution in [0.25, 0.3) is 0 Å². The van der Waals surface area contributed by atoms with Crippen LogP contribution < -0.4 is 4.74 Å². The standard InChI is InChI=1S/C13H12ClIN2O/c1-2-4-11-12(14)16-8-17-13(11)18-10-6-3-5-9(15)7-10/h3,5-8H,2,4H2,1H3.